The highest BCUT2D eigenvalue weighted by atomic mass is 32.3. The first-order valence-electron chi connectivity index (χ1n) is 3.76. The van der Waals surface area contributed by atoms with Crippen molar-refractivity contribution in [3.05, 3.63) is 12.8 Å². The van der Waals surface area contributed by atoms with Crippen LogP contribution in [-0.4, -0.2) is 35.8 Å². The summed E-state index contributed by atoms with van der Waals surface area (Å²) in [7, 11) is -10.1. The van der Waals surface area contributed by atoms with Gasteiger partial charge in [-0.1, -0.05) is 14.7 Å². The molecule has 1 unspecified atom stereocenters. The molecule has 0 bridgehead atoms. The van der Waals surface area contributed by atoms with E-state index in [-0.39, 0.29) is 4.31 Å². The van der Waals surface area contributed by atoms with E-state index in [9.17, 15) is 30.7 Å². The van der Waals surface area contributed by atoms with E-state index >= 15 is 0 Å². The van der Waals surface area contributed by atoms with E-state index in [1.807, 2.05) is 3.77 Å². The molecule has 0 radical (unpaired) electrons. The molecule has 0 aliphatic carbocycles. The van der Waals surface area contributed by atoms with Crippen molar-refractivity contribution in [2.75, 3.05) is 7.05 Å². The van der Waals surface area contributed by atoms with Crippen molar-refractivity contribution in [3.8, 4) is 0 Å². The van der Waals surface area contributed by atoms with E-state index in [0.717, 1.165) is 0 Å². The summed E-state index contributed by atoms with van der Waals surface area (Å²) in [5, 5.41) is 0. The van der Waals surface area contributed by atoms with Crippen molar-refractivity contribution < 1.29 is 39.9 Å². The van der Waals surface area contributed by atoms with Crippen molar-refractivity contribution in [2.45, 2.75) is 5.76 Å². The van der Waals surface area contributed by atoms with E-state index in [4.69, 9.17) is 0 Å². The van der Waals surface area contributed by atoms with Gasteiger partial charge in [0.15, 0.2) is 0 Å². The zero-order valence-electron chi connectivity index (χ0n) is 8.66. The van der Waals surface area contributed by atoms with Crippen molar-refractivity contribution in [1.82, 2.24) is 4.31 Å². The monoisotopic (exact) mass is 312 g/mol. The van der Waals surface area contributed by atoms with E-state index in [2.05, 4.69) is 15.7 Å². The summed E-state index contributed by atoms with van der Waals surface area (Å²) >= 11 is 0. The molecule has 18 heavy (non-hydrogen) atoms. The van der Waals surface area contributed by atoms with Crippen LogP contribution in [0, 0.1) is 0 Å². The Kier molecular flexibility index (Phi) is 5.56. The lowest BCUT2D eigenvalue weighted by atomic mass is 11.0. The van der Waals surface area contributed by atoms with E-state index in [1.165, 1.54) is 0 Å². The summed E-state index contributed by atoms with van der Waals surface area (Å²) in [6.07, 6.45) is -1.03. The first-order valence-corrected chi connectivity index (χ1v) is 6.66. The topological polar surface area (TPSA) is 102 Å². The molecule has 0 N–H and O–H groups in total. The van der Waals surface area contributed by atoms with Gasteiger partial charge < -0.3 is 4.74 Å². The lowest BCUT2D eigenvalue weighted by Crippen LogP contribution is -2.32. The highest BCUT2D eigenvalue weighted by Crippen LogP contribution is 2.16. The van der Waals surface area contributed by atoms with Gasteiger partial charge in [-0.15, -0.1) is 0 Å². The number of rotatable bonds is 5. The summed E-state index contributed by atoms with van der Waals surface area (Å²) < 4.78 is 77.1. The van der Waals surface area contributed by atoms with Crippen molar-refractivity contribution >= 4 is 26.3 Å². The molecule has 0 fully saturated rings. The van der Waals surface area contributed by atoms with E-state index < -0.39 is 32.1 Å². The van der Waals surface area contributed by atoms with Crippen LogP contribution in [0.15, 0.2) is 16.6 Å². The van der Waals surface area contributed by atoms with Crippen LogP contribution < -0.4 is 0 Å². The highest BCUT2D eigenvalue weighted by molar-refractivity contribution is 8.00. The van der Waals surface area contributed by atoms with Crippen LogP contribution >= 0.6 is 0 Å². The van der Waals surface area contributed by atoms with Gasteiger partial charge in [0.05, 0.1) is 6.26 Å². The molecule has 1 atom stereocenters. The van der Waals surface area contributed by atoms with Crippen LogP contribution in [0.4, 0.5) is 18.1 Å². The summed E-state index contributed by atoms with van der Waals surface area (Å²) in [6, 6.07) is 0. The lowest BCUT2D eigenvalue weighted by Gasteiger charge is -2.12. The third kappa shape index (κ3) is 3.85. The van der Waals surface area contributed by atoms with Gasteiger partial charge in [0.2, 0.25) is 0 Å². The normalized spacial score (nSPS) is 14.7. The number of hydrogen-bond acceptors (Lipinski definition) is 6. The minimum atomic E-state index is -5.43. The third-order valence-corrected chi connectivity index (χ3v) is 4.36. The summed E-state index contributed by atoms with van der Waals surface area (Å²) in [5.41, 5.74) is 0. The molecule has 0 aromatic heterocycles. The Balaban J connectivity index is 5.55. The Morgan fingerprint density at radius 1 is 1.44 bits per heavy atom. The molecule has 0 aliphatic rings. The van der Waals surface area contributed by atoms with Gasteiger partial charge >= 0.3 is 22.1 Å². The number of amides is 1. The molecule has 0 saturated carbocycles. The summed E-state index contributed by atoms with van der Waals surface area (Å²) in [6.45, 7) is 2.93. The van der Waals surface area contributed by atoms with E-state index in [1.54, 1.807) is 0 Å². The molecule has 0 saturated heterocycles. The maximum Gasteiger partial charge on any atom is 0.429 e. The first kappa shape index (κ1) is 16.7. The van der Waals surface area contributed by atoms with Gasteiger partial charge in [0, 0.05) is 7.05 Å². The van der Waals surface area contributed by atoms with Crippen LogP contribution in [0.5, 0.6) is 0 Å². The number of carbonyl (C=O) groups excluding carboxylic acids is 1. The van der Waals surface area contributed by atoms with Gasteiger partial charge in [0.1, 0.15) is 0 Å². The molecule has 13 heteroatoms. The Morgan fingerprint density at radius 2 is 1.94 bits per heavy atom. The average Bonchev–Trinajstić information content (AvgIpc) is 2.27. The van der Waals surface area contributed by atoms with Crippen molar-refractivity contribution in [1.29, 1.82) is 0 Å². The number of alkyl halides is 2. The van der Waals surface area contributed by atoms with Gasteiger partial charge in [-0.3, -0.25) is 0 Å². The van der Waals surface area contributed by atoms with Gasteiger partial charge in [-0.05, 0) is 4.53 Å². The molecule has 0 aliphatic heterocycles. The second-order valence-corrected chi connectivity index (χ2v) is 5.96. The Morgan fingerprint density at radius 3 is 2.28 bits per heavy atom. The predicted octanol–water partition coefficient (Wildman–Crippen LogP) is 0.950. The molecule has 1 amide bonds. The highest BCUT2D eigenvalue weighted by Gasteiger charge is 2.32. The van der Waals surface area contributed by atoms with Gasteiger partial charge in [-0.25, -0.2) is 9.00 Å². The third-order valence-electron chi connectivity index (χ3n) is 1.30. The fourth-order valence-electron chi connectivity index (χ4n) is 0.493. The zero-order valence-corrected chi connectivity index (χ0v) is 10.3. The molecule has 0 aromatic carbocycles. The Bertz CT molecular complexity index is 537. The van der Waals surface area contributed by atoms with Crippen LogP contribution in [0.25, 0.3) is 0 Å². The van der Waals surface area contributed by atoms with Crippen LogP contribution in [-0.2, 0) is 29.3 Å². The molecule has 8 nitrogen and oxygen atoms in total. The average molecular weight is 312 g/mol. The molecule has 0 spiro atoms. The van der Waals surface area contributed by atoms with Gasteiger partial charge in [-0.2, -0.15) is 21.5 Å². The molecule has 0 heterocycles. The van der Waals surface area contributed by atoms with Crippen LogP contribution in [0.1, 0.15) is 0 Å². The lowest BCUT2D eigenvalue weighted by molar-refractivity contribution is -0.000810. The maximum atomic E-state index is 12.1. The summed E-state index contributed by atoms with van der Waals surface area (Å²) in [4.78, 5) is 10.9. The Labute approximate surface area is 100 Å². The fraction of sp³-hybridized carbons (Fsp3) is 0.400. The number of hydrogen-bond donors (Lipinski definition) is 0. The maximum absolute atomic E-state index is 12.1. The molecule has 106 valence electrons. The quantitative estimate of drug-likeness (QED) is 0.700. The Hall–Kier alpha value is -1.34. The zero-order chi connectivity index (χ0) is 14.6. The number of nitrogens with zero attached hydrogens (tertiary/aromatic N) is 2. The molecular formula is C5H7F3N2O6S2. The van der Waals surface area contributed by atoms with Crippen molar-refractivity contribution in [2.24, 2.45) is 3.77 Å². The van der Waals surface area contributed by atoms with E-state index in [0.29, 0.717) is 13.3 Å². The van der Waals surface area contributed by atoms with Crippen molar-refractivity contribution in [3.63, 3.8) is 0 Å². The molecular weight excluding hydrogens is 305 g/mol. The standard InChI is InChI=1S/C5H7F3N2O6S2/c1-3-15-5(11)10(2)18(13,14)9-17(12,16-8)4(6)7/h3-4H,1H2,2H3. The second-order valence-electron chi connectivity index (χ2n) is 2.41. The number of halogens is 3. The number of ether oxygens (including phenoxy) is 1. The minimum absolute atomic E-state index is 0.296. The SMILES string of the molecule is C=COC(=O)N(C)S(=O)(=O)N=S(=O)(OF)C(F)F. The molecule has 0 rings (SSSR count). The largest absolute Gasteiger partial charge is 0.429 e. The number of carbonyl (C=O) groups is 1. The van der Waals surface area contributed by atoms with Crippen LogP contribution in [0.3, 0.4) is 0 Å². The molecule has 0 aromatic rings. The van der Waals surface area contributed by atoms with Crippen LogP contribution in [0.2, 0.25) is 0 Å². The van der Waals surface area contributed by atoms with Gasteiger partial charge in [0.25, 0.3) is 10.0 Å². The second kappa shape index (κ2) is 6.01. The summed E-state index contributed by atoms with van der Waals surface area (Å²) in [5.74, 6) is -4.04. The fourth-order valence-corrected chi connectivity index (χ4v) is 2.58. The predicted molar refractivity (Wildman–Crippen MR) is 52.1 cm³/mol. The smallest absolute Gasteiger partial charge is 0.418 e. The first-order chi connectivity index (χ1) is 8.10. The minimum Gasteiger partial charge on any atom is -0.418 e.